The van der Waals surface area contributed by atoms with E-state index in [4.69, 9.17) is 0 Å². The van der Waals surface area contributed by atoms with E-state index in [9.17, 15) is 14.1 Å². The van der Waals surface area contributed by atoms with E-state index in [0.717, 1.165) is 26.8 Å². The average molecular weight is 539 g/mol. The molecule has 0 amide bonds. The highest BCUT2D eigenvalue weighted by Gasteiger charge is 2.28. The minimum Gasteiger partial charge on any atom is -0.388 e. The number of thioether (sulfide) groups is 1. The maximum Gasteiger partial charge on any atom is 0.192 e. The van der Waals surface area contributed by atoms with Gasteiger partial charge < -0.3 is 5.11 Å². The molecule has 3 nitrogen and oxygen atoms in total. The second kappa shape index (κ2) is 11.8. The molecular formula is C32H42O3S2. The van der Waals surface area contributed by atoms with Gasteiger partial charge in [-0.05, 0) is 50.8 Å². The van der Waals surface area contributed by atoms with Crippen LogP contribution in [0.5, 0.6) is 0 Å². The second-order valence-electron chi connectivity index (χ2n) is 11.8. The fourth-order valence-corrected chi connectivity index (χ4v) is 7.54. The summed E-state index contributed by atoms with van der Waals surface area (Å²) < 4.78 is 14.5. The van der Waals surface area contributed by atoms with E-state index in [1.54, 1.807) is 0 Å². The Bertz CT molecular complexity index is 1270. The van der Waals surface area contributed by atoms with Crippen LogP contribution in [0.15, 0.2) is 58.3 Å². The highest BCUT2D eigenvalue weighted by Crippen LogP contribution is 2.41. The first-order valence-corrected chi connectivity index (χ1v) is 15.2. The minimum absolute atomic E-state index is 0.0230. The van der Waals surface area contributed by atoms with Crippen molar-refractivity contribution in [3.63, 3.8) is 0 Å². The van der Waals surface area contributed by atoms with E-state index in [2.05, 4.69) is 53.7 Å². The maximum atomic E-state index is 14.7. The summed E-state index contributed by atoms with van der Waals surface area (Å²) in [5, 5.41) is 13.1. The van der Waals surface area contributed by atoms with Crippen LogP contribution in [0.1, 0.15) is 115 Å². The number of aliphatic hydroxyl groups is 1. The summed E-state index contributed by atoms with van der Waals surface area (Å²) >= 11 is 1.24. The largest absolute Gasteiger partial charge is 0.388 e. The summed E-state index contributed by atoms with van der Waals surface area (Å²) in [6, 6.07) is 16.1. The first-order chi connectivity index (χ1) is 17.2. The van der Waals surface area contributed by atoms with Gasteiger partial charge in [0.2, 0.25) is 0 Å². The van der Waals surface area contributed by atoms with Gasteiger partial charge in [0.05, 0.1) is 26.7 Å². The van der Waals surface area contributed by atoms with E-state index in [-0.39, 0.29) is 28.1 Å². The second-order valence-corrected chi connectivity index (χ2v) is 15.0. The quantitative estimate of drug-likeness (QED) is 0.311. The molecule has 0 unspecified atom stereocenters. The van der Waals surface area contributed by atoms with E-state index in [1.165, 1.54) is 17.3 Å². The fraction of sp³-hybridized carbons (Fsp3) is 0.469. The standard InChI is InChI=1S/C32H42O3S2/c1-19(2)23-16-26(20(3)4)31(27(17-23)21(5)6)37(35)30-24-13-11-10-12-22(24)14-15-25(30)28(33)18-29(34)36-32(7,8)9/h10-17,19-21,28,33H,18H2,1-9H3/t28-,37+/m1/s1. The summed E-state index contributed by atoms with van der Waals surface area (Å²) in [5.41, 5.74) is 3.98. The van der Waals surface area contributed by atoms with Gasteiger partial charge in [0.25, 0.3) is 0 Å². The highest BCUT2D eigenvalue weighted by atomic mass is 32.2. The monoisotopic (exact) mass is 538 g/mol. The molecule has 0 fully saturated rings. The molecule has 0 saturated heterocycles. The van der Waals surface area contributed by atoms with Crippen molar-refractivity contribution < 1.29 is 14.1 Å². The number of aliphatic hydroxyl groups excluding tert-OH is 1. The summed E-state index contributed by atoms with van der Waals surface area (Å²) in [6.45, 7) is 18.9. The Morgan fingerprint density at radius 1 is 0.838 bits per heavy atom. The normalized spacial score (nSPS) is 14.1. The van der Waals surface area contributed by atoms with Gasteiger partial charge in [-0.15, -0.1) is 0 Å². The summed E-state index contributed by atoms with van der Waals surface area (Å²) in [6.07, 6.45) is -1.06. The van der Waals surface area contributed by atoms with E-state index < -0.39 is 16.9 Å². The van der Waals surface area contributed by atoms with Crippen LogP contribution in [0.2, 0.25) is 0 Å². The molecule has 0 heterocycles. The van der Waals surface area contributed by atoms with Crippen LogP contribution in [0.25, 0.3) is 10.8 Å². The third-order valence-corrected chi connectivity index (χ3v) is 9.17. The molecule has 0 aliphatic heterocycles. The van der Waals surface area contributed by atoms with Gasteiger partial charge in [0.1, 0.15) is 0 Å². The zero-order valence-corrected chi connectivity index (χ0v) is 25.3. The Labute approximate surface area is 229 Å². The fourth-order valence-electron chi connectivity index (χ4n) is 4.59. The number of rotatable bonds is 8. The van der Waals surface area contributed by atoms with Crippen molar-refractivity contribution in [2.75, 3.05) is 0 Å². The van der Waals surface area contributed by atoms with Crippen LogP contribution >= 0.6 is 11.8 Å². The van der Waals surface area contributed by atoms with Crippen molar-refractivity contribution in [2.45, 2.75) is 107 Å². The lowest BCUT2D eigenvalue weighted by molar-refractivity contribution is -0.112. The van der Waals surface area contributed by atoms with Crippen LogP contribution in [-0.4, -0.2) is 19.2 Å². The molecule has 0 aromatic heterocycles. The number of carbonyl (C=O) groups is 1. The lowest BCUT2D eigenvalue weighted by atomic mass is 9.89. The molecule has 0 radical (unpaired) electrons. The Balaban J connectivity index is 2.27. The Hall–Kier alpha value is -1.95. The van der Waals surface area contributed by atoms with Crippen molar-refractivity contribution in [3.8, 4) is 0 Å². The molecule has 5 heteroatoms. The van der Waals surface area contributed by atoms with Gasteiger partial charge in [-0.25, -0.2) is 4.21 Å². The summed E-state index contributed by atoms with van der Waals surface area (Å²) in [4.78, 5) is 14.2. The van der Waals surface area contributed by atoms with Crippen LogP contribution < -0.4 is 0 Å². The van der Waals surface area contributed by atoms with Gasteiger partial charge in [-0.1, -0.05) is 123 Å². The van der Waals surface area contributed by atoms with Gasteiger partial charge in [-0.2, -0.15) is 0 Å². The number of hydrogen-bond acceptors (Lipinski definition) is 4. The number of carbonyl (C=O) groups excluding carboxylic acids is 1. The molecule has 200 valence electrons. The van der Waals surface area contributed by atoms with Crippen molar-refractivity contribution in [1.82, 2.24) is 0 Å². The third-order valence-electron chi connectivity index (χ3n) is 6.50. The SMILES string of the molecule is CC(C)c1cc(C(C)C)c([S@@](=O)c2c([C@H](O)CC(=O)SC(C)(C)C)ccc3ccccc23)c(C(C)C)c1. The molecular weight excluding hydrogens is 496 g/mol. The number of fused-ring (bicyclic) bond motifs is 1. The molecule has 0 saturated carbocycles. The molecule has 3 aromatic rings. The summed E-state index contributed by atoms with van der Waals surface area (Å²) in [7, 11) is -1.55. The third kappa shape index (κ3) is 6.93. The Kier molecular flexibility index (Phi) is 9.47. The highest BCUT2D eigenvalue weighted by molar-refractivity contribution is 8.14. The molecule has 1 N–H and O–H groups in total. The van der Waals surface area contributed by atoms with Gasteiger partial charge >= 0.3 is 0 Å². The maximum absolute atomic E-state index is 14.7. The Morgan fingerprint density at radius 3 is 1.92 bits per heavy atom. The lowest BCUT2D eigenvalue weighted by Gasteiger charge is -2.25. The van der Waals surface area contributed by atoms with Crippen LogP contribution in [0.4, 0.5) is 0 Å². The van der Waals surface area contributed by atoms with Crippen LogP contribution in [-0.2, 0) is 15.6 Å². The summed E-state index contributed by atoms with van der Waals surface area (Å²) in [5.74, 6) is 0.727. The van der Waals surface area contributed by atoms with Crippen molar-refractivity contribution in [1.29, 1.82) is 0 Å². The molecule has 0 aliphatic rings. The molecule has 0 aliphatic carbocycles. The van der Waals surface area contributed by atoms with Crippen molar-refractivity contribution in [3.05, 3.63) is 70.8 Å². The zero-order valence-electron chi connectivity index (χ0n) is 23.7. The molecule has 3 rings (SSSR count). The number of benzene rings is 3. The Morgan fingerprint density at radius 2 is 1.41 bits per heavy atom. The molecule has 37 heavy (non-hydrogen) atoms. The van der Waals surface area contributed by atoms with Crippen molar-refractivity contribution in [2.24, 2.45) is 0 Å². The molecule has 3 aromatic carbocycles. The van der Waals surface area contributed by atoms with Gasteiger partial charge in [0.15, 0.2) is 5.12 Å². The predicted molar refractivity (Wildman–Crippen MR) is 159 cm³/mol. The van der Waals surface area contributed by atoms with Gasteiger partial charge in [0, 0.05) is 11.2 Å². The van der Waals surface area contributed by atoms with Crippen molar-refractivity contribution >= 4 is 38.4 Å². The first kappa shape index (κ1) is 29.6. The van der Waals surface area contributed by atoms with Crippen LogP contribution in [0.3, 0.4) is 0 Å². The smallest absolute Gasteiger partial charge is 0.192 e. The zero-order chi connectivity index (χ0) is 27.7. The molecule has 2 atom stereocenters. The molecule has 0 bridgehead atoms. The predicted octanol–water partition coefficient (Wildman–Crippen LogP) is 8.86. The minimum atomic E-state index is -1.55. The van der Waals surface area contributed by atoms with E-state index in [1.807, 2.05) is 57.2 Å². The number of hydrogen-bond donors (Lipinski definition) is 1. The van der Waals surface area contributed by atoms with Crippen LogP contribution in [0, 0.1) is 0 Å². The van der Waals surface area contributed by atoms with Gasteiger partial charge in [-0.3, -0.25) is 4.79 Å². The topological polar surface area (TPSA) is 54.4 Å². The van der Waals surface area contributed by atoms with E-state index >= 15 is 0 Å². The van der Waals surface area contributed by atoms with E-state index in [0.29, 0.717) is 16.4 Å². The average Bonchev–Trinajstić information content (AvgIpc) is 2.80. The first-order valence-electron chi connectivity index (χ1n) is 13.2. The lowest BCUT2D eigenvalue weighted by Crippen LogP contribution is -2.15. The molecule has 0 spiro atoms.